The molecule has 4 aliphatic carbocycles. The molecule has 0 aliphatic heterocycles. The molecule has 4 aliphatic rings. The Hall–Kier alpha value is -2.11. The van der Waals surface area contributed by atoms with Gasteiger partial charge >= 0.3 is 0 Å². The van der Waals surface area contributed by atoms with Gasteiger partial charge in [0.15, 0.2) is 0 Å². The Balaban J connectivity index is 1.04. The summed E-state index contributed by atoms with van der Waals surface area (Å²) in [6.45, 7) is 10.8. The number of hydrogen-bond acceptors (Lipinski definition) is 3. The van der Waals surface area contributed by atoms with Crippen LogP contribution in [-0.4, -0.2) is 36.9 Å². The summed E-state index contributed by atoms with van der Waals surface area (Å²) >= 11 is 0. The molecular weight excluding hydrogens is 619 g/mol. The van der Waals surface area contributed by atoms with Gasteiger partial charge in [-0.05, 0) is 113 Å². The molecule has 2 unspecified atom stereocenters. The predicted molar refractivity (Wildman–Crippen MR) is 208 cm³/mol. The van der Waals surface area contributed by atoms with E-state index in [0.29, 0.717) is 49.2 Å². The third-order valence-corrected chi connectivity index (χ3v) is 13.4. The van der Waals surface area contributed by atoms with Gasteiger partial charge in [-0.1, -0.05) is 109 Å². The van der Waals surface area contributed by atoms with Crippen LogP contribution in [0.1, 0.15) is 188 Å². The highest BCUT2D eigenvalue weighted by Crippen LogP contribution is 2.59. The Morgan fingerprint density at radius 2 is 1.34 bits per heavy atom. The summed E-state index contributed by atoms with van der Waals surface area (Å²) in [5.74, 6) is 1.61. The van der Waals surface area contributed by atoms with Crippen molar-refractivity contribution in [3.63, 3.8) is 0 Å². The Morgan fingerprint density at radius 3 is 2.04 bits per heavy atom. The second-order valence-corrected chi connectivity index (χ2v) is 17.6. The van der Waals surface area contributed by atoms with Gasteiger partial charge in [0, 0.05) is 37.9 Å². The molecule has 6 nitrogen and oxygen atoms in total. The third kappa shape index (κ3) is 12.5. The number of hydrogen-bond donors (Lipinski definition) is 3. The van der Waals surface area contributed by atoms with Crippen LogP contribution < -0.4 is 16.0 Å². The third-order valence-electron chi connectivity index (χ3n) is 13.4. The largest absolute Gasteiger partial charge is 0.356 e. The molecule has 6 heteroatoms. The Morgan fingerprint density at radius 1 is 0.680 bits per heavy atom. The maximum Gasteiger partial charge on any atom is 0.223 e. The van der Waals surface area contributed by atoms with Gasteiger partial charge in [0.05, 0.1) is 0 Å². The van der Waals surface area contributed by atoms with Crippen molar-refractivity contribution in [1.82, 2.24) is 16.0 Å². The van der Waals surface area contributed by atoms with Crippen molar-refractivity contribution in [1.29, 1.82) is 0 Å². The zero-order valence-corrected chi connectivity index (χ0v) is 32.8. The normalized spacial score (nSPS) is 28.2. The van der Waals surface area contributed by atoms with Crippen LogP contribution in [0.2, 0.25) is 0 Å². The quantitative estimate of drug-likeness (QED) is 0.141. The fraction of sp³-hybridized carbons (Fsp3) is 0.841. The van der Waals surface area contributed by atoms with Gasteiger partial charge in [0.25, 0.3) is 0 Å². The number of unbranched alkanes of at least 4 members (excludes halogenated alkanes) is 4. The monoisotopic (exact) mass is 694 g/mol. The van der Waals surface area contributed by atoms with E-state index in [1.165, 1.54) is 89.9 Å². The van der Waals surface area contributed by atoms with Crippen LogP contribution in [0, 0.1) is 28.6 Å². The van der Waals surface area contributed by atoms with Gasteiger partial charge in [0.1, 0.15) is 0 Å². The van der Waals surface area contributed by atoms with E-state index in [4.69, 9.17) is 0 Å². The zero-order valence-electron chi connectivity index (χ0n) is 32.8. The number of amides is 3. The first-order valence-electron chi connectivity index (χ1n) is 21.3. The van der Waals surface area contributed by atoms with E-state index in [9.17, 15) is 14.4 Å². The highest BCUT2D eigenvalue weighted by Gasteiger charge is 2.51. The Labute approximate surface area is 306 Å². The van der Waals surface area contributed by atoms with E-state index in [1.807, 2.05) is 0 Å². The smallest absolute Gasteiger partial charge is 0.223 e. The molecule has 284 valence electrons. The molecule has 4 fully saturated rings. The molecule has 0 aromatic carbocycles. The summed E-state index contributed by atoms with van der Waals surface area (Å²) in [5, 5.41) is 9.58. The van der Waals surface area contributed by atoms with E-state index in [0.717, 1.165) is 57.8 Å². The Kier molecular flexibility index (Phi) is 16.9. The lowest BCUT2D eigenvalue weighted by Gasteiger charge is -2.44. The number of rotatable bonds is 16. The van der Waals surface area contributed by atoms with Crippen molar-refractivity contribution >= 4 is 17.7 Å². The van der Waals surface area contributed by atoms with Gasteiger partial charge < -0.3 is 16.0 Å². The second-order valence-electron chi connectivity index (χ2n) is 17.6. The number of carbonyl (C=O) groups is 3. The fourth-order valence-electron chi connectivity index (χ4n) is 10.1. The molecule has 0 bridgehead atoms. The maximum absolute atomic E-state index is 13.3. The molecule has 50 heavy (non-hydrogen) atoms. The number of carbonyl (C=O) groups excluding carboxylic acids is 3. The average Bonchev–Trinajstić information content (AvgIpc) is 3.50. The molecule has 3 N–H and O–H groups in total. The molecule has 4 rings (SSSR count). The molecule has 4 saturated carbocycles. The van der Waals surface area contributed by atoms with E-state index < -0.39 is 0 Å². The Bertz CT molecular complexity index is 1130. The van der Waals surface area contributed by atoms with Gasteiger partial charge in [-0.3, -0.25) is 14.4 Å². The molecule has 0 saturated heterocycles. The maximum atomic E-state index is 13.3. The molecule has 0 aromatic heterocycles. The molecular formula is C44H75N3O3. The van der Waals surface area contributed by atoms with Crippen LogP contribution in [0.3, 0.4) is 0 Å². The van der Waals surface area contributed by atoms with Crippen molar-refractivity contribution < 1.29 is 14.4 Å². The second kappa shape index (κ2) is 20.8. The van der Waals surface area contributed by atoms with Crippen LogP contribution >= 0.6 is 0 Å². The van der Waals surface area contributed by atoms with E-state index >= 15 is 0 Å². The van der Waals surface area contributed by atoms with Crippen LogP contribution in [0.15, 0.2) is 23.3 Å². The van der Waals surface area contributed by atoms with Crippen molar-refractivity contribution in [2.45, 2.75) is 194 Å². The minimum Gasteiger partial charge on any atom is -0.356 e. The number of fused-ring (bicyclic) bond motifs is 1. The first kappa shape index (κ1) is 40.7. The van der Waals surface area contributed by atoms with Gasteiger partial charge in [-0.25, -0.2) is 0 Å². The molecule has 0 radical (unpaired) electrons. The molecule has 3 amide bonds. The van der Waals surface area contributed by atoms with Gasteiger partial charge in [0.2, 0.25) is 17.7 Å². The lowest BCUT2D eigenvalue weighted by Crippen LogP contribution is -2.41. The lowest BCUT2D eigenvalue weighted by atomic mass is 9.61. The number of allylic oxidation sites excluding steroid dienone is 4. The van der Waals surface area contributed by atoms with Crippen molar-refractivity contribution in [2.75, 3.05) is 13.1 Å². The van der Waals surface area contributed by atoms with Crippen molar-refractivity contribution in [2.24, 2.45) is 28.6 Å². The van der Waals surface area contributed by atoms with Crippen LogP contribution in [-0.2, 0) is 14.4 Å². The highest BCUT2D eigenvalue weighted by atomic mass is 16.2. The van der Waals surface area contributed by atoms with Crippen LogP contribution in [0.4, 0.5) is 0 Å². The first-order valence-corrected chi connectivity index (χ1v) is 21.3. The van der Waals surface area contributed by atoms with Crippen LogP contribution in [0.5, 0.6) is 0 Å². The van der Waals surface area contributed by atoms with Gasteiger partial charge in [-0.2, -0.15) is 0 Å². The summed E-state index contributed by atoms with van der Waals surface area (Å²) in [7, 11) is 0. The molecule has 4 atom stereocenters. The highest BCUT2D eigenvalue weighted by molar-refractivity contribution is 5.79. The average molecular weight is 694 g/mol. The zero-order chi connectivity index (χ0) is 35.8. The van der Waals surface area contributed by atoms with E-state index in [1.54, 1.807) is 11.1 Å². The standard InChI is InChI=1S/C44H75N3O3/c1-34(38-28-29-39-35(20-19-31-44(38,39)4)26-27-36-21-15-16-30-43(36,2)3)42(50)46-33-18-17-32-45-40(48)24-13-9-10-14-25-41(49)47-37-22-11-7-5-6-8-12-23-37/h26-27,34,37-39H,5-25,28-33H2,1-4H3,(H,45,48)(H,46,50)(H,47,49)/b35-26+,36-27-/t34-,38?,39?,44+/m0/s1. The fourth-order valence-corrected chi connectivity index (χ4v) is 10.1. The van der Waals surface area contributed by atoms with Crippen molar-refractivity contribution in [3.8, 4) is 0 Å². The molecule has 0 aromatic rings. The van der Waals surface area contributed by atoms with Gasteiger partial charge in [-0.15, -0.1) is 0 Å². The summed E-state index contributed by atoms with van der Waals surface area (Å²) in [4.78, 5) is 38.0. The first-order chi connectivity index (χ1) is 24.1. The molecule has 0 heterocycles. The van der Waals surface area contributed by atoms with E-state index in [-0.39, 0.29) is 29.1 Å². The SMILES string of the molecule is C[C@H](C(=O)NCCCCNC(=O)CCCCCCC(=O)NC1CCCCCCCC1)C1CCC2/C(=C/C=C3/CCCCC3(C)C)CCC[C@@]21C. The lowest BCUT2D eigenvalue weighted by molar-refractivity contribution is -0.128. The predicted octanol–water partition coefficient (Wildman–Crippen LogP) is 10.3. The topological polar surface area (TPSA) is 87.3 Å². The van der Waals surface area contributed by atoms with Crippen LogP contribution in [0.25, 0.3) is 0 Å². The minimum absolute atomic E-state index is 0.0322. The van der Waals surface area contributed by atoms with E-state index in [2.05, 4.69) is 55.8 Å². The number of nitrogens with one attached hydrogen (secondary N) is 3. The summed E-state index contributed by atoms with van der Waals surface area (Å²) in [5.41, 5.74) is 3.82. The summed E-state index contributed by atoms with van der Waals surface area (Å²) < 4.78 is 0. The summed E-state index contributed by atoms with van der Waals surface area (Å²) in [6.07, 6.45) is 33.0. The van der Waals surface area contributed by atoms with Crippen molar-refractivity contribution in [3.05, 3.63) is 23.3 Å². The minimum atomic E-state index is 0.0322. The molecule has 0 spiro atoms. The summed E-state index contributed by atoms with van der Waals surface area (Å²) in [6, 6.07) is 0.368.